The summed E-state index contributed by atoms with van der Waals surface area (Å²) in [5, 5.41) is 14.7. The minimum atomic E-state index is -4.12. The number of nitrogens with one attached hydrogen (secondary N) is 1. The van der Waals surface area contributed by atoms with Crippen LogP contribution in [0.15, 0.2) is 46.3 Å². The van der Waals surface area contributed by atoms with E-state index in [1.807, 2.05) is 6.92 Å². The third kappa shape index (κ3) is 5.66. The van der Waals surface area contributed by atoms with E-state index < -0.39 is 40.6 Å². The van der Waals surface area contributed by atoms with Crippen molar-refractivity contribution >= 4 is 55.9 Å². The van der Waals surface area contributed by atoms with Crippen LogP contribution in [0.25, 0.3) is 10.8 Å². The first-order chi connectivity index (χ1) is 19.5. The van der Waals surface area contributed by atoms with E-state index in [4.69, 9.17) is 5.73 Å². The number of carboxylic acids is 1. The molecule has 0 aliphatic carbocycles. The molecular weight excluding hydrogens is 572 g/mol. The van der Waals surface area contributed by atoms with Crippen LogP contribution in [0.5, 0.6) is 0 Å². The summed E-state index contributed by atoms with van der Waals surface area (Å²) < 4.78 is 32.8. The number of aliphatic imine (C=N–C) groups is 1. The normalized spacial score (nSPS) is 20.0. The van der Waals surface area contributed by atoms with Crippen molar-refractivity contribution in [1.29, 1.82) is 0 Å². The largest absolute Gasteiger partial charge is 0.480 e. The minimum absolute atomic E-state index is 0.0521. The monoisotopic (exact) mass is 600 g/mol. The molecule has 1 aromatic heterocycles. The van der Waals surface area contributed by atoms with Crippen molar-refractivity contribution in [2.24, 2.45) is 10.7 Å². The lowest BCUT2D eigenvalue weighted by Crippen LogP contribution is -2.59. The molecule has 3 heterocycles. The Hall–Kier alpha value is -3.92. The van der Waals surface area contributed by atoms with E-state index in [1.165, 1.54) is 35.5 Å². The molecule has 5 rings (SSSR count). The highest BCUT2D eigenvalue weighted by atomic mass is 32.2. The van der Waals surface area contributed by atoms with Gasteiger partial charge < -0.3 is 25.8 Å². The van der Waals surface area contributed by atoms with Crippen molar-refractivity contribution in [3.05, 3.63) is 57.5 Å². The second-order valence-corrected chi connectivity index (χ2v) is 12.8. The fourth-order valence-corrected chi connectivity index (χ4v) is 7.33. The Morgan fingerprint density at radius 1 is 1.17 bits per heavy atom. The van der Waals surface area contributed by atoms with E-state index in [1.54, 1.807) is 24.3 Å². The number of sulfonamides is 1. The number of thiazole rings is 1. The number of fused-ring (bicyclic) bond motifs is 2. The van der Waals surface area contributed by atoms with Crippen LogP contribution in [0.4, 0.5) is 4.79 Å². The van der Waals surface area contributed by atoms with Gasteiger partial charge in [-0.1, -0.05) is 18.2 Å². The van der Waals surface area contributed by atoms with E-state index in [9.17, 15) is 27.9 Å². The Kier molecular flexibility index (Phi) is 7.78. The van der Waals surface area contributed by atoms with Crippen molar-refractivity contribution < 1.29 is 32.6 Å². The summed E-state index contributed by atoms with van der Waals surface area (Å²) in [6.45, 7) is 2.01. The molecule has 41 heavy (non-hydrogen) atoms. The van der Waals surface area contributed by atoms with Gasteiger partial charge in [-0.2, -0.15) is 9.30 Å². The lowest BCUT2D eigenvalue weighted by molar-refractivity contribution is -0.143. The third-order valence-electron chi connectivity index (χ3n) is 7.09. The molecule has 4 N–H and O–H groups in total. The lowest BCUT2D eigenvalue weighted by atomic mass is 10.1. The van der Waals surface area contributed by atoms with Crippen LogP contribution >= 0.6 is 11.3 Å². The van der Waals surface area contributed by atoms with Crippen LogP contribution in [-0.4, -0.2) is 90.3 Å². The van der Waals surface area contributed by atoms with Crippen LogP contribution in [0.2, 0.25) is 0 Å². The standard InChI is InChI=1S/C26H28N6O7S2/c1-14-9-19-21(12-28-14)40-23(29-19)24(33)32-8-7-31(13-20(32)25(34)35)41(37,38)18-6-5-15-3-4-16(10-17(15)11-18)22(27)30-26(36)39-2/h3-6,10-11,14,20,28H,7-9,12-13H2,1-2H3,(H,34,35)(H2,27,30,36). The average molecular weight is 601 g/mol. The molecule has 0 bridgehead atoms. The number of rotatable bonds is 5. The van der Waals surface area contributed by atoms with Crippen molar-refractivity contribution in [2.45, 2.75) is 36.9 Å². The summed E-state index contributed by atoms with van der Waals surface area (Å²) in [6.07, 6.45) is -0.198. The molecule has 3 aromatic rings. The Morgan fingerprint density at radius 3 is 2.66 bits per heavy atom. The summed E-state index contributed by atoms with van der Waals surface area (Å²) in [4.78, 5) is 47.2. The second kappa shape index (κ2) is 11.2. The van der Waals surface area contributed by atoms with Gasteiger partial charge in [-0.15, -0.1) is 11.3 Å². The van der Waals surface area contributed by atoms with Crippen molar-refractivity contribution in [3.63, 3.8) is 0 Å². The second-order valence-electron chi connectivity index (χ2n) is 9.78. The predicted octanol–water partition coefficient (Wildman–Crippen LogP) is 1.40. The number of nitrogens with two attached hydrogens (primary N) is 1. The van der Waals surface area contributed by atoms with Gasteiger partial charge in [0.15, 0.2) is 5.01 Å². The number of hydrogen-bond donors (Lipinski definition) is 3. The number of aliphatic carboxylic acids is 1. The number of carboxylic acid groups (broad SMARTS) is 1. The number of nitrogens with zero attached hydrogens (tertiary/aromatic N) is 4. The van der Waals surface area contributed by atoms with E-state index in [-0.39, 0.29) is 34.9 Å². The number of carbonyl (C=O) groups is 3. The van der Waals surface area contributed by atoms with Crippen molar-refractivity contribution in [1.82, 2.24) is 19.5 Å². The highest BCUT2D eigenvalue weighted by Crippen LogP contribution is 2.28. The third-order valence-corrected chi connectivity index (χ3v) is 10.0. The Morgan fingerprint density at radius 2 is 1.93 bits per heavy atom. The Balaban J connectivity index is 1.39. The van der Waals surface area contributed by atoms with E-state index in [0.717, 1.165) is 14.9 Å². The van der Waals surface area contributed by atoms with E-state index in [2.05, 4.69) is 20.0 Å². The number of hydrogen-bond acceptors (Lipinski definition) is 9. The minimum Gasteiger partial charge on any atom is -0.480 e. The van der Waals surface area contributed by atoms with Crippen LogP contribution in [0.3, 0.4) is 0 Å². The highest BCUT2D eigenvalue weighted by molar-refractivity contribution is 7.89. The molecule has 2 aromatic carbocycles. The van der Waals surface area contributed by atoms with E-state index >= 15 is 0 Å². The zero-order valence-electron chi connectivity index (χ0n) is 22.2. The summed E-state index contributed by atoms with van der Waals surface area (Å²) in [5.41, 5.74) is 7.11. The van der Waals surface area contributed by atoms with Crippen LogP contribution in [-0.2, 0) is 32.5 Å². The summed E-state index contributed by atoms with van der Waals surface area (Å²) >= 11 is 1.23. The molecule has 2 atom stereocenters. The summed E-state index contributed by atoms with van der Waals surface area (Å²) in [5.74, 6) is -1.92. The number of aromatic nitrogens is 1. The van der Waals surface area contributed by atoms with Crippen molar-refractivity contribution in [3.8, 4) is 0 Å². The van der Waals surface area contributed by atoms with Crippen LogP contribution in [0, 0.1) is 0 Å². The number of methoxy groups -OCH3 is 1. The molecule has 216 valence electrons. The summed E-state index contributed by atoms with van der Waals surface area (Å²) in [7, 11) is -2.95. The van der Waals surface area contributed by atoms with E-state index in [0.29, 0.717) is 29.3 Å². The fraction of sp³-hybridized carbons (Fsp3) is 0.346. The molecule has 0 saturated carbocycles. The maximum atomic E-state index is 13.6. The molecule has 2 aliphatic rings. The molecule has 2 aliphatic heterocycles. The average Bonchev–Trinajstić information content (AvgIpc) is 3.38. The van der Waals surface area contributed by atoms with Gasteiger partial charge in [-0.3, -0.25) is 4.79 Å². The van der Waals surface area contributed by atoms with Crippen LogP contribution in [0.1, 0.15) is 32.9 Å². The first-order valence-electron chi connectivity index (χ1n) is 12.7. The molecule has 2 unspecified atom stereocenters. The molecular formula is C26H28N6O7S2. The molecule has 2 amide bonds. The lowest BCUT2D eigenvalue weighted by Gasteiger charge is -2.38. The number of carbonyl (C=O) groups excluding carboxylic acids is 2. The number of amidine groups is 1. The Labute approximate surface area is 239 Å². The first-order valence-corrected chi connectivity index (χ1v) is 15.0. The topological polar surface area (TPSA) is 185 Å². The number of ether oxygens (including phenoxy) is 1. The molecule has 13 nitrogen and oxygen atoms in total. The molecule has 1 fully saturated rings. The quantitative estimate of drug-likeness (QED) is 0.286. The highest BCUT2D eigenvalue weighted by Gasteiger charge is 2.41. The maximum Gasteiger partial charge on any atom is 0.435 e. The van der Waals surface area contributed by atoms with Gasteiger partial charge in [-0.25, -0.2) is 23.0 Å². The molecule has 0 spiro atoms. The first kappa shape index (κ1) is 28.6. The smallest absolute Gasteiger partial charge is 0.435 e. The summed E-state index contributed by atoms with van der Waals surface area (Å²) in [6, 6.07) is 8.28. The van der Waals surface area contributed by atoms with Gasteiger partial charge >= 0.3 is 12.1 Å². The van der Waals surface area contributed by atoms with Gasteiger partial charge in [-0.05, 0) is 35.9 Å². The Bertz CT molecular complexity index is 1690. The van der Waals surface area contributed by atoms with Crippen molar-refractivity contribution in [2.75, 3.05) is 26.7 Å². The number of piperazine rings is 1. The van der Waals surface area contributed by atoms with Crippen LogP contribution < -0.4 is 11.1 Å². The fourth-order valence-electron chi connectivity index (χ4n) is 4.86. The predicted molar refractivity (Wildman–Crippen MR) is 150 cm³/mol. The van der Waals surface area contributed by atoms with Gasteiger partial charge in [0.2, 0.25) is 10.0 Å². The molecule has 0 radical (unpaired) electrons. The number of amides is 2. The molecule has 15 heteroatoms. The van der Waals surface area contributed by atoms with Gasteiger partial charge in [0.1, 0.15) is 11.9 Å². The van der Waals surface area contributed by atoms with Gasteiger partial charge in [0.25, 0.3) is 5.91 Å². The number of benzene rings is 2. The van der Waals surface area contributed by atoms with Gasteiger partial charge in [0.05, 0.1) is 17.7 Å². The maximum absolute atomic E-state index is 13.6. The molecule has 1 saturated heterocycles. The van der Waals surface area contributed by atoms with Gasteiger partial charge in [0, 0.05) is 49.1 Å². The zero-order valence-corrected chi connectivity index (χ0v) is 23.9. The SMILES string of the molecule is COC(=O)N=C(N)c1ccc2ccc(S(=O)(=O)N3CCN(C(=O)c4nc5c(s4)CNC(C)C5)C(C(=O)O)C3)cc2c1. The zero-order chi connectivity index (χ0) is 29.5.